The molecule has 1 amide bonds. The number of thiazole rings is 1. The largest absolute Gasteiger partial charge is 0.370 e. The molecule has 1 saturated heterocycles. The van der Waals surface area contributed by atoms with Crippen LogP contribution in [-0.2, 0) is 11.3 Å². The number of carbonyl (C=O) groups is 1. The minimum Gasteiger partial charge on any atom is -0.370 e. The Hall–Kier alpha value is -2.61. The molecule has 3 N–H and O–H groups in total. The van der Waals surface area contributed by atoms with Crippen LogP contribution in [0.3, 0.4) is 0 Å². The fourth-order valence-corrected chi connectivity index (χ4v) is 3.61. The summed E-state index contributed by atoms with van der Waals surface area (Å²) in [5.41, 5.74) is 8.05. The van der Waals surface area contributed by atoms with Crippen molar-refractivity contribution in [1.29, 1.82) is 0 Å². The van der Waals surface area contributed by atoms with Gasteiger partial charge in [-0.25, -0.2) is 9.98 Å². The van der Waals surface area contributed by atoms with Gasteiger partial charge in [-0.05, 0) is 24.1 Å². The van der Waals surface area contributed by atoms with E-state index in [1.54, 1.807) is 11.3 Å². The Morgan fingerprint density at radius 2 is 2.00 bits per heavy atom. The van der Waals surface area contributed by atoms with Crippen molar-refractivity contribution in [3.63, 3.8) is 0 Å². The molecule has 1 fully saturated rings. The number of hydrogen-bond acceptors (Lipinski definition) is 5. The highest BCUT2D eigenvalue weighted by molar-refractivity contribution is 7.13. The molecular weight excluding hydrogens is 360 g/mol. The van der Waals surface area contributed by atoms with Crippen LogP contribution in [0.2, 0.25) is 0 Å². The lowest BCUT2D eigenvalue weighted by Gasteiger charge is -2.35. The van der Waals surface area contributed by atoms with E-state index in [2.05, 4.69) is 25.1 Å². The number of aromatic nitrogens is 1. The van der Waals surface area contributed by atoms with Crippen LogP contribution < -0.4 is 16.0 Å². The van der Waals surface area contributed by atoms with Gasteiger partial charge in [0.1, 0.15) is 0 Å². The SMILES string of the molecule is CCCC(=O)Nc1ccc(CN=C(N)N2CCN(c3nccs3)CC2)cc1. The van der Waals surface area contributed by atoms with Gasteiger partial charge >= 0.3 is 0 Å². The van der Waals surface area contributed by atoms with Crippen LogP contribution in [0.15, 0.2) is 40.8 Å². The van der Waals surface area contributed by atoms with Gasteiger partial charge in [0.05, 0.1) is 6.54 Å². The molecule has 0 spiro atoms. The number of nitrogens with one attached hydrogen (secondary N) is 1. The van der Waals surface area contributed by atoms with E-state index in [0.717, 1.165) is 49.0 Å². The Morgan fingerprint density at radius 3 is 2.63 bits per heavy atom. The van der Waals surface area contributed by atoms with E-state index in [1.807, 2.05) is 42.8 Å². The Morgan fingerprint density at radius 1 is 1.26 bits per heavy atom. The van der Waals surface area contributed by atoms with E-state index >= 15 is 0 Å². The molecule has 144 valence electrons. The summed E-state index contributed by atoms with van der Waals surface area (Å²) < 4.78 is 0. The first-order chi connectivity index (χ1) is 13.2. The zero-order valence-corrected chi connectivity index (χ0v) is 16.4. The van der Waals surface area contributed by atoms with Crippen LogP contribution in [0.25, 0.3) is 0 Å². The number of aliphatic imine (C=N–C) groups is 1. The van der Waals surface area contributed by atoms with Gasteiger partial charge in [0.25, 0.3) is 0 Å². The summed E-state index contributed by atoms with van der Waals surface area (Å²) in [5.74, 6) is 0.624. The zero-order valence-electron chi connectivity index (χ0n) is 15.6. The van der Waals surface area contributed by atoms with Gasteiger partial charge in [-0.15, -0.1) is 11.3 Å². The maximum atomic E-state index is 11.6. The predicted molar refractivity (Wildman–Crippen MR) is 111 cm³/mol. The van der Waals surface area contributed by atoms with Crippen LogP contribution in [0.5, 0.6) is 0 Å². The van der Waals surface area contributed by atoms with Crippen molar-refractivity contribution >= 4 is 34.0 Å². The number of benzene rings is 1. The van der Waals surface area contributed by atoms with Crippen molar-refractivity contribution in [1.82, 2.24) is 9.88 Å². The Bertz CT molecular complexity index is 751. The summed E-state index contributed by atoms with van der Waals surface area (Å²) in [4.78, 5) is 24.9. The van der Waals surface area contributed by atoms with Gasteiger partial charge in [0.2, 0.25) is 5.91 Å². The van der Waals surface area contributed by atoms with Crippen LogP contribution >= 0.6 is 11.3 Å². The summed E-state index contributed by atoms with van der Waals surface area (Å²) in [7, 11) is 0. The second kappa shape index (κ2) is 9.36. The number of anilines is 2. The summed E-state index contributed by atoms with van der Waals surface area (Å²) in [6.45, 7) is 6.01. The standard InChI is InChI=1S/C19H26N6OS/c1-2-3-17(26)23-16-6-4-15(5-7-16)14-22-18(20)24-9-11-25(12-10-24)19-21-8-13-27-19/h4-8,13H,2-3,9-12,14H2,1H3,(H2,20,22)(H,23,26). The normalized spacial score (nSPS) is 15.1. The molecule has 0 radical (unpaired) electrons. The second-order valence-corrected chi connectivity index (χ2v) is 7.33. The molecule has 27 heavy (non-hydrogen) atoms. The molecule has 2 aromatic rings. The number of carbonyl (C=O) groups excluding carboxylic acids is 1. The first kappa shape index (κ1) is 19.2. The van der Waals surface area contributed by atoms with E-state index in [9.17, 15) is 4.79 Å². The van der Waals surface area contributed by atoms with Gasteiger partial charge < -0.3 is 20.9 Å². The van der Waals surface area contributed by atoms with Crippen molar-refractivity contribution in [3.8, 4) is 0 Å². The number of rotatable bonds is 6. The van der Waals surface area contributed by atoms with E-state index in [0.29, 0.717) is 18.9 Å². The minimum absolute atomic E-state index is 0.0457. The number of piperazine rings is 1. The van der Waals surface area contributed by atoms with Crippen LogP contribution in [-0.4, -0.2) is 47.9 Å². The fraction of sp³-hybridized carbons (Fsp3) is 0.421. The van der Waals surface area contributed by atoms with Crippen molar-refractivity contribution in [3.05, 3.63) is 41.4 Å². The molecule has 2 heterocycles. The van der Waals surface area contributed by atoms with Crippen molar-refractivity contribution in [2.75, 3.05) is 36.4 Å². The molecule has 0 bridgehead atoms. The fourth-order valence-electron chi connectivity index (χ4n) is 2.92. The van der Waals surface area contributed by atoms with Crippen molar-refractivity contribution < 1.29 is 4.79 Å². The Labute approximate surface area is 163 Å². The van der Waals surface area contributed by atoms with Crippen LogP contribution in [0.4, 0.5) is 10.8 Å². The molecule has 0 aliphatic carbocycles. The monoisotopic (exact) mass is 386 g/mol. The van der Waals surface area contributed by atoms with Gasteiger partial charge in [-0.1, -0.05) is 19.1 Å². The molecule has 0 unspecified atom stereocenters. The third-order valence-corrected chi connectivity index (χ3v) is 5.26. The molecule has 1 aromatic heterocycles. The third-order valence-electron chi connectivity index (χ3n) is 4.43. The smallest absolute Gasteiger partial charge is 0.224 e. The third kappa shape index (κ3) is 5.43. The number of guanidine groups is 1. The maximum Gasteiger partial charge on any atom is 0.224 e. The molecule has 1 aliphatic rings. The lowest BCUT2D eigenvalue weighted by atomic mass is 10.2. The molecule has 1 aliphatic heterocycles. The summed E-state index contributed by atoms with van der Waals surface area (Å²) in [6.07, 6.45) is 3.22. The number of amides is 1. The number of nitrogens with two attached hydrogens (primary N) is 1. The first-order valence-corrected chi connectivity index (χ1v) is 10.1. The van der Waals surface area contributed by atoms with Crippen LogP contribution in [0, 0.1) is 0 Å². The first-order valence-electron chi connectivity index (χ1n) is 9.24. The molecule has 0 saturated carbocycles. The van der Waals surface area contributed by atoms with E-state index in [-0.39, 0.29) is 5.91 Å². The molecule has 8 heteroatoms. The summed E-state index contributed by atoms with van der Waals surface area (Å²) in [6, 6.07) is 7.75. The van der Waals surface area contributed by atoms with Crippen molar-refractivity contribution in [2.24, 2.45) is 10.7 Å². The van der Waals surface area contributed by atoms with Gasteiger partial charge in [-0.2, -0.15) is 0 Å². The lowest BCUT2D eigenvalue weighted by Crippen LogP contribution is -2.51. The number of hydrogen-bond donors (Lipinski definition) is 2. The highest BCUT2D eigenvalue weighted by Gasteiger charge is 2.19. The maximum absolute atomic E-state index is 11.6. The average molecular weight is 387 g/mol. The molecule has 7 nitrogen and oxygen atoms in total. The summed E-state index contributed by atoms with van der Waals surface area (Å²) >= 11 is 1.66. The molecular formula is C19H26N6OS. The molecule has 3 rings (SSSR count). The topological polar surface area (TPSA) is 86.8 Å². The van der Waals surface area contributed by atoms with Crippen LogP contribution in [0.1, 0.15) is 25.3 Å². The quantitative estimate of drug-likeness (QED) is 0.588. The zero-order chi connectivity index (χ0) is 19.1. The highest BCUT2D eigenvalue weighted by Crippen LogP contribution is 2.19. The van der Waals surface area contributed by atoms with Gasteiger partial charge in [0, 0.05) is 49.9 Å². The molecule has 1 aromatic carbocycles. The predicted octanol–water partition coefficient (Wildman–Crippen LogP) is 2.52. The van der Waals surface area contributed by atoms with Crippen molar-refractivity contribution in [2.45, 2.75) is 26.3 Å². The number of nitrogens with zero attached hydrogens (tertiary/aromatic N) is 4. The molecule has 0 atom stereocenters. The lowest BCUT2D eigenvalue weighted by molar-refractivity contribution is -0.116. The Balaban J connectivity index is 1.48. The highest BCUT2D eigenvalue weighted by atomic mass is 32.1. The van der Waals surface area contributed by atoms with E-state index in [4.69, 9.17) is 5.73 Å². The van der Waals surface area contributed by atoms with E-state index < -0.39 is 0 Å². The van der Waals surface area contributed by atoms with E-state index in [1.165, 1.54) is 0 Å². The van der Waals surface area contributed by atoms with Gasteiger partial charge in [-0.3, -0.25) is 4.79 Å². The second-order valence-electron chi connectivity index (χ2n) is 6.46. The average Bonchev–Trinajstić information content (AvgIpc) is 3.22. The van der Waals surface area contributed by atoms with Gasteiger partial charge in [0.15, 0.2) is 11.1 Å². The minimum atomic E-state index is 0.0457. The Kier molecular flexibility index (Phi) is 6.64. The summed E-state index contributed by atoms with van der Waals surface area (Å²) in [5, 5.41) is 5.95.